The fourth-order valence-electron chi connectivity index (χ4n) is 2.29. The quantitative estimate of drug-likeness (QED) is 0.695. The third-order valence-electron chi connectivity index (χ3n) is 3.35. The molecule has 0 saturated carbocycles. The summed E-state index contributed by atoms with van der Waals surface area (Å²) in [4.78, 5) is 4.25. The molecule has 102 valence electrons. The van der Waals surface area contributed by atoms with Gasteiger partial charge in [-0.2, -0.15) is 0 Å². The summed E-state index contributed by atoms with van der Waals surface area (Å²) in [5.74, 6) is 1.73. The fraction of sp³-hybridized carbons (Fsp3) is 0.267. The van der Waals surface area contributed by atoms with E-state index in [0.717, 1.165) is 30.1 Å². The molecule has 0 bridgehead atoms. The van der Waals surface area contributed by atoms with Crippen LogP contribution in [0.4, 0.5) is 0 Å². The average molecular weight is 287 g/mol. The highest BCUT2D eigenvalue weighted by atomic mass is 35.5. The SMILES string of the molecule is Cc1ccc(CCc2nnc3cc(Cl)nc(C)n23)cc1. The molecule has 0 amide bonds. The number of hydrogen-bond acceptors (Lipinski definition) is 3. The first-order valence-electron chi connectivity index (χ1n) is 6.56. The molecule has 0 radical (unpaired) electrons. The van der Waals surface area contributed by atoms with Crippen molar-refractivity contribution in [2.75, 3.05) is 0 Å². The number of fused-ring (bicyclic) bond motifs is 1. The number of nitrogens with zero attached hydrogens (tertiary/aromatic N) is 4. The summed E-state index contributed by atoms with van der Waals surface area (Å²) in [5, 5.41) is 8.85. The molecule has 0 aliphatic rings. The summed E-state index contributed by atoms with van der Waals surface area (Å²) in [6.07, 6.45) is 1.76. The van der Waals surface area contributed by atoms with Gasteiger partial charge in [0.1, 0.15) is 16.8 Å². The van der Waals surface area contributed by atoms with Crippen molar-refractivity contribution in [2.45, 2.75) is 26.7 Å². The zero-order chi connectivity index (χ0) is 14.1. The molecular formula is C15H15ClN4. The van der Waals surface area contributed by atoms with Crippen LogP contribution in [0.3, 0.4) is 0 Å². The normalized spacial score (nSPS) is 11.2. The zero-order valence-corrected chi connectivity index (χ0v) is 12.2. The minimum Gasteiger partial charge on any atom is -0.267 e. The van der Waals surface area contributed by atoms with Crippen LogP contribution in [0, 0.1) is 13.8 Å². The zero-order valence-electron chi connectivity index (χ0n) is 11.5. The van der Waals surface area contributed by atoms with Crippen molar-refractivity contribution in [3.8, 4) is 0 Å². The summed E-state index contributed by atoms with van der Waals surface area (Å²) in [7, 11) is 0. The van der Waals surface area contributed by atoms with Crippen LogP contribution in [0.25, 0.3) is 5.65 Å². The molecular weight excluding hydrogens is 272 g/mol. The predicted octanol–water partition coefficient (Wildman–Crippen LogP) is 3.18. The van der Waals surface area contributed by atoms with Crippen LogP contribution in [-0.2, 0) is 12.8 Å². The second-order valence-corrected chi connectivity index (χ2v) is 5.31. The van der Waals surface area contributed by atoms with Gasteiger partial charge in [0.05, 0.1) is 0 Å². The van der Waals surface area contributed by atoms with Gasteiger partial charge in [0.25, 0.3) is 0 Å². The van der Waals surface area contributed by atoms with Crippen LogP contribution in [0.15, 0.2) is 30.3 Å². The van der Waals surface area contributed by atoms with Crippen LogP contribution in [0.1, 0.15) is 22.8 Å². The van der Waals surface area contributed by atoms with E-state index in [1.165, 1.54) is 11.1 Å². The van der Waals surface area contributed by atoms with Gasteiger partial charge in [-0.05, 0) is 25.8 Å². The summed E-state index contributed by atoms with van der Waals surface area (Å²) < 4.78 is 1.96. The Bertz CT molecular complexity index is 746. The van der Waals surface area contributed by atoms with Crippen molar-refractivity contribution in [3.63, 3.8) is 0 Å². The Morgan fingerprint density at radius 1 is 1.05 bits per heavy atom. The Kier molecular flexibility index (Phi) is 3.40. The molecule has 0 atom stereocenters. The lowest BCUT2D eigenvalue weighted by Crippen LogP contribution is -2.02. The Balaban J connectivity index is 1.86. The standard InChI is InChI=1S/C15H15ClN4/c1-10-3-5-12(6-4-10)7-8-14-18-19-15-9-13(16)17-11(2)20(14)15/h3-6,9H,7-8H2,1-2H3. The van der Waals surface area contributed by atoms with Crippen LogP contribution in [-0.4, -0.2) is 19.6 Å². The van der Waals surface area contributed by atoms with Gasteiger partial charge in [-0.15, -0.1) is 10.2 Å². The van der Waals surface area contributed by atoms with E-state index in [0.29, 0.717) is 5.15 Å². The number of hydrogen-bond donors (Lipinski definition) is 0. The highest BCUT2D eigenvalue weighted by Crippen LogP contribution is 2.14. The molecule has 0 unspecified atom stereocenters. The Morgan fingerprint density at radius 2 is 1.80 bits per heavy atom. The lowest BCUT2D eigenvalue weighted by molar-refractivity contribution is 0.815. The van der Waals surface area contributed by atoms with Crippen molar-refractivity contribution >= 4 is 17.2 Å². The molecule has 0 saturated heterocycles. The molecule has 2 aromatic heterocycles. The Labute approximate surface area is 122 Å². The maximum atomic E-state index is 5.93. The van der Waals surface area contributed by atoms with Gasteiger partial charge in [0.2, 0.25) is 0 Å². The van der Waals surface area contributed by atoms with Crippen LogP contribution in [0.2, 0.25) is 5.15 Å². The van der Waals surface area contributed by atoms with Gasteiger partial charge < -0.3 is 0 Å². The third-order valence-corrected chi connectivity index (χ3v) is 3.55. The van der Waals surface area contributed by atoms with E-state index in [-0.39, 0.29) is 0 Å². The van der Waals surface area contributed by atoms with Gasteiger partial charge in [0, 0.05) is 12.5 Å². The number of rotatable bonds is 3. The van der Waals surface area contributed by atoms with Crippen LogP contribution in [0.5, 0.6) is 0 Å². The summed E-state index contributed by atoms with van der Waals surface area (Å²) >= 11 is 5.93. The molecule has 0 N–H and O–H groups in total. The lowest BCUT2D eigenvalue weighted by atomic mass is 10.1. The van der Waals surface area contributed by atoms with Crippen LogP contribution >= 0.6 is 11.6 Å². The van der Waals surface area contributed by atoms with Crippen molar-refractivity contribution in [3.05, 3.63) is 58.3 Å². The van der Waals surface area contributed by atoms with Crippen LogP contribution < -0.4 is 0 Å². The molecule has 0 aliphatic carbocycles. The fourth-order valence-corrected chi connectivity index (χ4v) is 2.51. The van der Waals surface area contributed by atoms with Crippen molar-refractivity contribution < 1.29 is 0 Å². The minimum absolute atomic E-state index is 0.451. The molecule has 3 rings (SSSR count). The first-order valence-corrected chi connectivity index (χ1v) is 6.94. The first kappa shape index (κ1) is 13.1. The highest BCUT2D eigenvalue weighted by molar-refractivity contribution is 6.29. The van der Waals surface area contributed by atoms with Crippen molar-refractivity contribution in [2.24, 2.45) is 0 Å². The Hall–Kier alpha value is -1.94. The average Bonchev–Trinajstić information content (AvgIpc) is 2.81. The molecule has 0 spiro atoms. The number of aryl methyl sites for hydroxylation is 4. The Morgan fingerprint density at radius 3 is 2.55 bits per heavy atom. The summed E-state index contributed by atoms with van der Waals surface area (Å²) in [6, 6.07) is 10.3. The van der Waals surface area contributed by atoms with Crippen molar-refractivity contribution in [1.82, 2.24) is 19.6 Å². The second-order valence-electron chi connectivity index (χ2n) is 4.92. The summed E-state index contributed by atoms with van der Waals surface area (Å²) in [5.41, 5.74) is 3.32. The van der Waals surface area contributed by atoms with Gasteiger partial charge in [-0.1, -0.05) is 41.4 Å². The number of benzene rings is 1. The molecule has 5 heteroatoms. The van der Waals surface area contributed by atoms with E-state index >= 15 is 0 Å². The lowest BCUT2D eigenvalue weighted by Gasteiger charge is -2.04. The van der Waals surface area contributed by atoms with Crippen molar-refractivity contribution in [1.29, 1.82) is 0 Å². The molecule has 2 heterocycles. The maximum absolute atomic E-state index is 5.93. The number of halogens is 1. The summed E-state index contributed by atoms with van der Waals surface area (Å²) in [6.45, 7) is 4.01. The van der Waals surface area contributed by atoms with Gasteiger partial charge in [0.15, 0.2) is 5.65 Å². The number of aromatic nitrogens is 4. The van der Waals surface area contributed by atoms with E-state index < -0.39 is 0 Å². The van der Waals surface area contributed by atoms with E-state index in [9.17, 15) is 0 Å². The largest absolute Gasteiger partial charge is 0.267 e. The maximum Gasteiger partial charge on any atom is 0.165 e. The monoisotopic (exact) mass is 286 g/mol. The van der Waals surface area contributed by atoms with E-state index in [4.69, 9.17) is 11.6 Å². The van der Waals surface area contributed by atoms with E-state index in [2.05, 4.69) is 46.4 Å². The topological polar surface area (TPSA) is 43.1 Å². The smallest absolute Gasteiger partial charge is 0.165 e. The first-order chi connectivity index (χ1) is 9.63. The van der Waals surface area contributed by atoms with E-state index in [1.807, 2.05) is 11.3 Å². The molecule has 20 heavy (non-hydrogen) atoms. The second kappa shape index (κ2) is 5.21. The highest BCUT2D eigenvalue weighted by Gasteiger charge is 2.09. The molecule has 0 aliphatic heterocycles. The van der Waals surface area contributed by atoms with Gasteiger partial charge in [-0.25, -0.2) is 4.98 Å². The molecule has 4 nitrogen and oxygen atoms in total. The predicted molar refractivity (Wildman–Crippen MR) is 79.1 cm³/mol. The molecule has 1 aromatic carbocycles. The van der Waals surface area contributed by atoms with E-state index in [1.54, 1.807) is 6.07 Å². The third kappa shape index (κ3) is 2.51. The molecule has 0 fully saturated rings. The van der Waals surface area contributed by atoms with Gasteiger partial charge >= 0.3 is 0 Å². The minimum atomic E-state index is 0.451. The molecule has 3 aromatic rings. The van der Waals surface area contributed by atoms with Gasteiger partial charge in [-0.3, -0.25) is 4.40 Å².